The van der Waals surface area contributed by atoms with Crippen LogP contribution in [0.3, 0.4) is 0 Å². The number of anilines is 1. The molecule has 0 bridgehead atoms. The van der Waals surface area contributed by atoms with Crippen molar-refractivity contribution in [2.24, 2.45) is 0 Å². The lowest BCUT2D eigenvalue weighted by atomic mass is 10.1. The summed E-state index contributed by atoms with van der Waals surface area (Å²) < 4.78 is 15.8. The molecule has 0 spiro atoms. The highest BCUT2D eigenvalue weighted by Crippen LogP contribution is 2.26. The maximum Gasteiger partial charge on any atom is 0.123 e. The van der Waals surface area contributed by atoms with E-state index in [9.17, 15) is 4.39 Å². The van der Waals surface area contributed by atoms with Gasteiger partial charge in [0.2, 0.25) is 0 Å². The molecule has 0 N–H and O–H groups in total. The van der Waals surface area contributed by atoms with Gasteiger partial charge in [0.15, 0.2) is 0 Å². The van der Waals surface area contributed by atoms with Crippen LogP contribution in [-0.4, -0.2) is 34.1 Å². The number of benzene rings is 2. The molecule has 5 heteroatoms. The predicted molar refractivity (Wildman–Crippen MR) is 115 cm³/mol. The quantitative estimate of drug-likeness (QED) is 0.527. The van der Waals surface area contributed by atoms with Crippen molar-refractivity contribution in [2.75, 3.05) is 24.5 Å². The molecule has 2 heterocycles. The number of para-hydroxylation sites is 1. The molecule has 0 saturated carbocycles. The Hall–Kier alpha value is -2.66. The molecule has 3 aromatic rings. The van der Waals surface area contributed by atoms with Crippen molar-refractivity contribution < 1.29 is 4.39 Å². The van der Waals surface area contributed by atoms with Gasteiger partial charge in [-0.05, 0) is 48.6 Å². The molecule has 1 aliphatic rings. The van der Waals surface area contributed by atoms with Gasteiger partial charge in [-0.2, -0.15) is 0 Å². The third-order valence-electron chi connectivity index (χ3n) is 5.58. The Kier molecular flexibility index (Phi) is 6.57. The number of nitrogens with zero attached hydrogens (tertiary/aromatic N) is 4. The Morgan fingerprint density at radius 1 is 1.00 bits per heavy atom. The van der Waals surface area contributed by atoms with E-state index in [0.29, 0.717) is 0 Å². The standard InChI is InChI=1S/C24H29FN4/c25-23-9-5-7-21(17-23)18-28(13-6-12-27-16-11-26-20-27)19-22-8-1-2-10-24(22)29-14-3-4-15-29/h1-2,5,7-11,16-17,20H,3-4,6,12-15,18-19H2. The Labute approximate surface area is 172 Å². The minimum atomic E-state index is -0.168. The van der Waals surface area contributed by atoms with Gasteiger partial charge < -0.3 is 9.47 Å². The number of hydrogen-bond acceptors (Lipinski definition) is 3. The molecule has 29 heavy (non-hydrogen) atoms. The fourth-order valence-electron chi connectivity index (χ4n) is 4.16. The van der Waals surface area contributed by atoms with Gasteiger partial charge in [-0.25, -0.2) is 9.37 Å². The first-order valence-corrected chi connectivity index (χ1v) is 10.5. The molecule has 0 atom stereocenters. The fraction of sp³-hybridized carbons (Fsp3) is 0.375. The average Bonchev–Trinajstić information content (AvgIpc) is 3.43. The van der Waals surface area contributed by atoms with Gasteiger partial charge in [-0.15, -0.1) is 0 Å². The van der Waals surface area contributed by atoms with Crippen molar-refractivity contribution in [2.45, 2.75) is 38.9 Å². The van der Waals surface area contributed by atoms with Gasteiger partial charge in [0.25, 0.3) is 0 Å². The number of hydrogen-bond donors (Lipinski definition) is 0. The number of aromatic nitrogens is 2. The zero-order valence-electron chi connectivity index (χ0n) is 16.9. The van der Waals surface area contributed by atoms with Gasteiger partial charge in [-0.1, -0.05) is 30.3 Å². The van der Waals surface area contributed by atoms with E-state index in [0.717, 1.165) is 51.3 Å². The molecule has 152 valence electrons. The highest BCUT2D eigenvalue weighted by atomic mass is 19.1. The van der Waals surface area contributed by atoms with Crippen LogP contribution in [0.4, 0.5) is 10.1 Å². The van der Waals surface area contributed by atoms with E-state index < -0.39 is 0 Å². The number of imidazole rings is 1. The molecule has 0 amide bonds. The molecule has 0 unspecified atom stereocenters. The Bertz CT molecular complexity index is 887. The van der Waals surface area contributed by atoms with E-state index >= 15 is 0 Å². The lowest BCUT2D eigenvalue weighted by molar-refractivity contribution is 0.248. The summed E-state index contributed by atoms with van der Waals surface area (Å²) in [6.07, 6.45) is 9.24. The SMILES string of the molecule is Fc1cccc(CN(CCCn2ccnc2)Cc2ccccc2N2CCCC2)c1. The minimum Gasteiger partial charge on any atom is -0.371 e. The summed E-state index contributed by atoms with van der Waals surface area (Å²) in [5.41, 5.74) is 3.73. The predicted octanol–water partition coefficient (Wildman–Crippen LogP) is 4.71. The maximum atomic E-state index is 13.7. The average molecular weight is 393 g/mol. The monoisotopic (exact) mass is 392 g/mol. The van der Waals surface area contributed by atoms with Crippen LogP contribution in [0.5, 0.6) is 0 Å². The molecule has 0 radical (unpaired) electrons. The summed E-state index contributed by atoms with van der Waals surface area (Å²) in [7, 11) is 0. The topological polar surface area (TPSA) is 24.3 Å². The highest BCUT2D eigenvalue weighted by molar-refractivity contribution is 5.54. The second-order valence-electron chi connectivity index (χ2n) is 7.82. The third kappa shape index (κ3) is 5.45. The van der Waals surface area contributed by atoms with E-state index in [1.54, 1.807) is 12.1 Å². The largest absolute Gasteiger partial charge is 0.371 e. The zero-order valence-corrected chi connectivity index (χ0v) is 16.9. The van der Waals surface area contributed by atoms with Crippen LogP contribution >= 0.6 is 0 Å². The maximum absolute atomic E-state index is 13.7. The number of rotatable bonds is 9. The zero-order chi connectivity index (χ0) is 19.9. The van der Waals surface area contributed by atoms with Gasteiger partial charge in [-0.3, -0.25) is 4.90 Å². The fourth-order valence-corrected chi connectivity index (χ4v) is 4.16. The van der Waals surface area contributed by atoms with Crippen molar-refractivity contribution in [3.05, 3.63) is 84.2 Å². The Balaban J connectivity index is 1.48. The molecule has 1 aliphatic heterocycles. The van der Waals surface area contributed by atoms with Crippen molar-refractivity contribution >= 4 is 5.69 Å². The van der Waals surface area contributed by atoms with Crippen molar-refractivity contribution in [3.63, 3.8) is 0 Å². The lowest BCUT2D eigenvalue weighted by Crippen LogP contribution is -2.27. The molecule has 4 nitrogen and oxygen atoms in total. The summed E-state index contributed by atoms with van der Waals surface area (Å²) in [6.45, 7) is 5.78. The smallest absolute Gasteiger partial charge is 0.123 e. The molecule has 2 aromatic carbocycles. The molecule has 4 rings (SSSR count). The van der Waals surface area contributed by atoms with Gasteiger partial charge >= 0.3 is 0 Å². The summed E-state index contributed by atoms with van der Waals surface area (Å²) >= 11 is 0. The first-order chi connectivity index (χ1) is 14.3. The van der Waals surface area contributed by atoms with Gasteiger partial charge in [0.05, 0.1) is 6.33 Å². The van der Waals surface area contributed by atoms with Gasteiger partial charge in [0, 0.05) is 57.3 Å². The van der Waals surface area contributed by atoms with Crippen LogP contribution in [0.2, 0.25) is 0 Å². The first kappa shape index (κ1) is 19.6. The third-order valence-corrected chi connectivity index (χ3v) is 5.58. The van der Waals surface area contributed by atoms with E-state index in [2.05, 4.69) is 43.6 Å². The lowest BCUT2D eigenvalue weighted by Gasteiger charge is -2.27. The van der Waals surface area contributed by atoms with Crippen molar-refractivity contribution in [1.29, 1.82) is 0 Å². The summed E-state index contributed by atoms with van der Waals surface area (Å²) in [4.78, 5) is 9.06. The van der Waals surface area contributed by atoms with E-state index in [1.165, 1.54) is 30.2 Å². The Morgan fingerprint density at radius 2 is 1.86 bits per heavy atom. The molecule has 1 fully saturated rings. The van der Waals surface area contributed by atoms with Crippen LogP contribution in [0, 0.1) is 5.82 Å². The van der Waals surface area contributed by atoms with Crippen LogP contribution in [-0.2, 0) is 19.6 Å². The second-order valence-corrected chi connectivity index (χ2v) is 7.82. The summed E-state index contributed by atoms with van der Waals surface area (Å²) in [5, 5.41) is 0. The van der Waals surface area contributed by atoms with E-state index in [1.807, 2.05) is 24.8 Å². The van der Waals surface area contributed by atoms with Crippen LogP contribution in [0.25, 0.3) is 0 Å². The van der Waals surface area contributed by atoms with Gasteiger partial charge in [0.1, 0.15) is 5.82 Å². The van der Waals surface area contributed by atoms with E-state index in [4.69, 9.17) is 0 Å². The van der Waals surface area contributed by atoms with Crippen molar-refractivity contribution in [1.82, 2.24) is 14.5 Å². The van der Waals surface area contributed by atoms with E-state index in [-0.39, 0.29) is 5.82 Å². The molecule has 1 aromatic heterocycles. The number of halogens is 1. The number of aryl methyl sites for hydroxylation is 1. The summed E-state index contributed by atoms with van der Waals surface area (Å²) in [6, 6.07) is 15.7. The van der Waals surface area contributed by atoms with Crippen LogP contribution in [0.1, 0.15) is 30.4 Å². The van der Waals surface area contributed by atoms with Crippen molar-refractivity contribution in [3.8, 4) is 0 Å². The molecular formula is C24H29FN4. The molecule has 1 saturated heterocycles. The van der Waals surface area contributed by atoms with Crippen LogP contribution < -0.4 is 4.90 Å². The normalized spacial score (nSPS) is 14.1. The molecular weight excluding hydrogens is 363 g/mol. The minimum absolute atomic E-state index is 0.168. The first-order valence-electron chi connectivity index (χ1n) is 10.5. The van der Waals surface area contributed by atoms with Crippen LogP contribution in [0.15, 0.2) is 67.3 Å². The molecule has 0 aliphatic carbocycles. The summed E-state index contributed by atoms with van der Waals surface area (Å²) in [5.74, 6) is -0.168. The highest BCUT2D eigenvalue weighted by Gasteiger charge is 2.17. The Morgan fingerprint density at radius 3 is 2.66 bits per heavy atom. The second kappa shape index (κ2) is 9.70.